The Bertz CT molecular complexity index is 5370. The van der Waals surface area contributed by atoms with Gasteiger partial charge >= 0.3 is 0 Å². The standard InChI is InChI=1S/C22H22ClNO3.C19H22ClNO4.C19H18ClNO2.C18H22ClNO4.C16H18ClNO3/c1-13-3-8-17(15-4-6-16(23)7-5-15)14(2)18(13)19-20(25)22(24-21(19)26)9-11-27-12-10-22;1-11-9-13(20)10-12(2)14(11)15-16(22)18(21-17(15)23)3-5-19(6-4-18)24-7-8-25-19;1-11-4-5-13(12-6-8-14(20)9-7-12)10-15(11)16-17(22)19(2,3)21-18(16)23;1-10-8-11(19)9-13(24-3)14(10)15-16(21)18(20-17(15)22)6-4-12(23-2)5-7-18;1-9-7-11(17)8-10(2)12(9)13-14(19)16(18-15(13)20)3-5-21-6-4-16/h3-8,25H,9-12H2,1-2H3,(H,24,26);9-10,22H,3-8H2,1-2H3,(H,21,23);4-10,22H,1-3H3,(H,21,23);8-9,12,21H,4-7H2,1-3H3,(H,20,22);7-8,19H,3-6H2,1-2H3,(H,18,20). The first-order valence-corrected chi connectivity index (χ1v) is 42.2. The van der Waals surface area contributed by atoms with Gasteiger partial charge in [-0.25, -0.2) is 0 Å². The maximum atomic E-state index is 12.9. The molecule has 0 unspecified atom stereocenters. The molecule has 0 bridgehead atoms. The van der Waals surface area contributed by atoms with Gasteiger partial charge in [0.2, 0.25) is 0 Å². The molecule has 2 aliphatic carbocycles. The zero-order valence-electron chi connectivity index (χ0n) is 69.4. The average Bonchev–Trinajstić information content (AvgIpc) is 1.60. The highest BCUT2D eigenvalue weighted by Gasteiger charge is 2.55. The summed E-state index contributed by atoms with van der Waals surface area (Å²) in [5.74, 6) is -0.615. The molecule has 0 atom stereocenters. The van der Waals surface area contributed by atoms with Crippen LogP contribution in [0.2, 0.25) is 25.1 Å². The number of halogens is 5. The Morgan fingerprint density at radius 3 is 1.13 bits per heavy atom. The first kappa shape index (κ1) is 88.4. The molecule has 17 rings (SSSR count). The molecule has 5 spiro atoms. The van der Waals surface area contributed by atoms with Crippen LogP contribution in [-0.4, -0.2) is 149 Å². The van der Waals surface area contributed by atoms with Crippen LogP contribution < -0.4 is 31.3 Å². The van der Waals surface area contributed by atoms with E-state index in [1.165, 1.54) is 7.11 Å². The number of amides is 5. The maximum absolute atomic E-state index is 12.9. The number of hydrogen-bond acceptors (Lipinski definition) is 16. The van der Waals surface area contributed by atoms with Crippen molar-refractivity contribution in [3.63, 3.8) is 0 Å². The number of carbonyl (C=O) groups is 5. The monoisotopic (exact) mass is 1730 g/mol. The Morgan fingerprint density at radius 1 is 0.350 bits per heavy atom. The van der Waals surface area contributed by atoms with Gasteiger partial charge in [0.05, 0.1) is 70.9 Å². The number of aryl methyl sites for hydroxylation is 7. The average molecular weight is 1740 g/mol. The Morgan fingerprint density at radius 2 is 0.717 bits per heavy atom. The van der Waals surface area contributed by atoms with Crippen molar-refractivity contribution in [1.29, 1.82) is 0 Å². The van der Waals surface area contributed by atoms with Gasteiger partial charge in [-0.2, -0.15) is 0 Å². The van der Waals surface area contributed by atoms with Crippen molar-refractivity contribution in [2.24, 2.45) is 0 Å². The van der Waals surface area contributed by atoms with E-state index < -0.39 is 33.5 Å². The summed E-state index contributed by atoms with van der Waals surface area (Å²) in [5.41, 5.74) is 13.2. The van der Waals surface area contributed by atoms with E-state index in [2.05, 4.69) is 26.6 Å². The molecule has 3 saturated heterocycles. The number of aliphatic hydroxyl groups excluding tert-OH is 5. The van der Waals surface area contributed by atoms with E-state index in [0.717, 1.165) is 102 Å². The minimum atomic E-state index is -0.741. The lowest BCUT2D eigenvalue weighted by Gasteiger charge is -2.41. The van der Waals surface area contributed by atoms with Crippen molar-refractivity contribution in [3.05, 3.63) is 241 Å². The molecule has 7 aromatic rings. The topological polar surface area (TPSA) is 302 Å². The molecule has 5 fully saturated rings. The van der Waals surface area contributed by atoms with Crippen LogP contribution in [0.3, 0.4) is 0 Å². The molecule has 8 aliphatic heterocycles. The van der Waals surface area contributed by atoms with Gasteiger partial charge in [0.1, 0.15) is 45.6 Å². The smallest absolute Gasteiger partial charge is 0.256 e. The third-order valence-corrected chi connectivity index (χ3v) is 26.2. The van der Waals surface area contributed by atoms with E-state index in [4.69, 9.17) is 86.4 Å². The second-order valence-corrected chi connectivity index (χ2v) is 35.4. The van der Waals surface area contributed by atoms with Gasteiger partial charge in [0, 0.05) is 103 Å². The molecule has 0 radical (unpaired) electrons. The summed E-state index contributed by atoms with van der Waals surface area (Å²) in [6, 6.07) is 35.8. The van der Waals surface area contributed by atoms with Crippen molar-refractivity contribution in [3.8, 4) is 28.0 Å². The van der Waals surface area contributed by atoms with E-state index in [-0.39, 0.29) is 70.0 Å². The summed E-state index contributed by atoms with van der Waals surface area (Å²) in [5, 5.41) is 72.1. The van der Waals surface area contributed by atoms with Crippen LogP contribution in [0.4, 0.5) is 0 Å². The molecule has 634 valence electrons. The van der Waals surface area contributed by atoms with Gasteiger partial charge < -0.3 is 80.5 Å². The molecule has 26 heteroatoms. The van der Waals surface area contributed by atoms with Crippen molar-refractivity contribution >= 4 is 115 Å². The van der Waals surface area contributed by atoms with Crippen LogP contribution in [0.25, 0.3) is 50.1 Å². The van der Waals surface area contributed by atoms with E-state index >= 15 is 0 Å². The fraction of sp³-hybridized carbons (Fsp3) is 0.394. The highest BCUT2D eigenvalue weighted by molar-refractivity contribution is 6.33. The van der Waals surface area contributed by atoms with Crippen LogP contribution in [-0.2, 0) is 47.7 Å². The predicted octanol–water partition coefficient (Wildman–Crippen LogP) is 18.8. The molecule has 7 aromatic carbocycles. The predicted molar refractivity (Wildman–Crippen MR) is 469 cm³/mol. The lowest BCUT2D eigenvalue weighted by Crippen LogP contribution is -2.51. The zero-order chi connectivity index (χ0) is 86.5. The summed E-state index contributed by atoms with van der Waals surface area (Å²) in [6.07, 6.45) is 7.95. The second-order valence-electron chi connectivity index (χ2n) is 33.2. The number of hydrogen-bond donors (Lipinski definition) is 10. The Balaban J connectivity index is 0.000000130. The SMILES string of the molecule is COc1cc(Cl)cc(C)c1C1=C(O)C2(CCC(OC)CC2)NC1=O.Cc1cc(Cl)cc(C)c1C1=C(O)C2(CCC3(CC2)OCCO3)NC1=O.Cc1cc(Cl)cc(C)c1C1=C(O)C2(CCOCC2)NC1=O.Cc1ccc(-c2ccc(Cl)cc2)c(C)c1C1=C(O)C2(CCOCC2)NC1=O.Cc1ccc(-c2ccc(Cl)cc2)cc1C1=C(O)C(C)(C)NC1=O. The van der Waals surface area contributed by atoms with Gasteiger partial charge in [-0.05, 0) is 264 Å². The van der Waals surface area contributed by atoms with Gasteiger partial charge in [-0.15, -0.1) is 0 Å². The van der Waals surface area contributed by atoms with Crippen molar-refractivity contribution in [2.75, 3.05) is 53.9 Å². The van der Waals surface area contributed by atoms with E-state index in [1.807, 2.05) is 159 Å². The molecule has 120 heavy (non-hydrogen) atoms. The summed E-state index contributed by atoms with van der Waals surface area (Å²) in [4.78, 5) is 63.0. The van der Waals surface area contributed by atoms with Gasteiger partial charge in [-0.1, -0.05) is 107 Å². The Labute approximate surface area is 724 Å². The highest BCUT2D eigenvalue weighted by atomic mass is 35.5. The van der Waals surface area contributed by atoms with Crippen molar-refractivity contribution in [2.45, 2.75) is 186 Å². The third kappa shape index (κ3) is 17.2. The molecule has 2 saturated carbocycles. The number of nitrogens with one attached hydrogen (secondary N) is 5. The van der Waals surface area contributed by atoms with Gasteiger partial charge in [0.15, 0.2) is 5.79 Å². The zero-order valence-corrected chi connectivity index (χ0v) is 73.2. The molecule has 10 N–H and O–H groups in total. The minimum Gasteiger partial charge on any atom is -0.509 e. The quantitative estimate of drug-likeness (QED) is 0.0642. The maximum Gasteiger partial charge on any atom is 0.256 e. The van der Waals surface area contributed by atoms with Crippen LogP contribution in [0, 0.1) is 55.4 Å². The molecular weight excluding hydrogens is 1630 g/mol. The normalized spacial score (nSPS) is 20.3. The van der Waals surface area contributed by atoms with Crippen molar-refractivity contribution < 1.29 is 77.9 Å². The number of aliphatic hydroxyl groups is 5. The summed E-state index contributed by atoms with van der Waals surface area (Å²) in [6.45, 7) is 22.3. The van der Waals surface area contributed by atoms with Crippen LogP contribution >= 0.6 is 58.0 Å². The molecule has 10 aliphatic rings. The fourth-order valence-electron chi connectivity index (χ4n) is 18.5. The number of methoxy groups -OCH3 is 2. The minimum absolute atomic E-state index is 0.0823. The first-order chi connectivity index (χ1) is 56.9. The number of rotatable bonds is 9. The number of ether oxygens (including phenoxy) is 6. The van der Waals surface area contributed by atoms with Crippen molar-refractivity contribution in [1.82, 2.24) is 26.6 Å². The fourth-order valence-corrected chi connectivity index (χ4v) is 19.7. The molecule has 0 aromatic heterocycles. The summed E-state index contributed by atoms with van der Waals surface area (Å²) >= 11 is 30.2. The largest absolute Gasteiger partial charge is 0.509 e. The Hall–Kier alpha value is -9.36. The molecule has 21 nitrogen and oxygen atoms in total. The van der Waals surface area contributed by atoms with E-state index in [0.29, 0.717) is 163 Å². The number of carbonyl (C=O) groups excluding carboxylic acids is 5. The lowest BCUT2D eigenvalue weighted by molar-refractivity contribution is -0.185. The van der Waals surface area contributed by atoms with Crippen LogP contribution in [0.5, 0.6) is 5.75 Å². The summed E-state index contributed by atoms with van der Waals surface area (Å²) in [7, 11) is 3.22. The van der Waals surface area contributed by atoms with Gasteiger partial charge in [-0.3, -0.25) is 24.0 Å². The second kappa shape index (κ2) is 35.2. The van der Waals surface area contributed by atoms with E-state index in [1.54, 1.807) is 33.1 Å². The number of benzene rings is 7. The highest BCUT2D eigenvalue weighted by Crippen LogP contribution is 2.51. The van der Waals surface area contributed by atoms with E-state index in [9.17, 15) is 49.5 Å². The van der Waals surface area contributed by atoms with Gasteiger partial charge in [0.25, 0.3) is 29.5 Å². The van der Waals surface area contributed by atoms with Crippen LogP contribution in [0.1, 0.15) is 163 Å². The lowest BCUT2D eigenvalue weighted by atomic mass is 9.77. The molecule has 5 amide bonds. The summed E-state index contributed by atoms with van der Waals surface area (Å²) < 4.78 is 33.1. The molecule has 8 heterocycles. The first-order valence-electron chi connectivity index (χ1n) is 40.3. The molecular formula is C94H102Cl5N5O16. The Kier molecular flexibility index (Phi) is 26.0. The van der Waals surface area contributed by atoms with Crippen LogP contribution in [0.15, 0.2) is 144 Å². The third-order valence-electron chi connectivity index (χ3n) is 25.0.